The van der Waals surface area contributed by atoms with Crippen LogP contribution in [-0.2, 0) is 16.0 Å². The van der Waals surface area contributed by atoms with E-state index >= 15 is 0 Å². The number of ether oxygens (including phenoxy) is 1. The number of piperazine rings is 1. The summed E-state index contributed by atoms with van der Waals surface area (Å²) in [7, 11) is 0. The zero-order chi connectivity index (χ0) is 21.3. The van der Waals surface area contributed by atoms with Gasteiger partial charge in [0.05, 0.1) is 26.3 Å². The van der Waals surface area contributed by atoms with Gasteiger partial charge in [0.25, 0.3) is 0 Å². The van der Waals surface area contributed by atoms with E-state index in [1.54, 1.807) is 0 Å². The highest BCUT2D eigenvalue weighted by atomic mass is 127. The van der Waals surface area contributed by atoms with Gasteiger partial charge in [-0.15, -0.1) is 24.0 Å². The number of aromatic nitrogens is 2. The number of aliphatic imine (C=N–C) groups is 1. The van der Waals surface area contributed by atoms with Crippen LogP contribution in [0.25, 0.3) is 0 Å². The Hall–Kier alpha value is -1.47. The SMILES string of the molecule is CCNC(=NCCc1nc(C(C)C)no1)N1CCN(CC(=O)N2CCOCC2)CC1.I. The van der Waals surface area contributed by atoms with Gasteiger partial charge in [0.1, 0.15) is 0 Å². The lowest BCUT2D eigenvalue weighted by Gasteiger charge is -2.37. The van der Waals surface area contributed by atoms with E-state index in [2.05, 4.69) is 32.2 Å². The summed E-state index contributed by atoms with van der Waals surface area (Å²) < 4.78 is 10.6. The number of amides is 1. The van der Waals surface area contributed by atoms with Crippen LogP contribution < -0.4 is 5.32 Å². The second-order valence-electron chi connectivity index (χ2n) is 7.94. The predicted molar refractivity (Wildman–Crippen MR) is 129 cm³/mol. The molecular weight excluding hydrogens is 513 g/mol. The van der Waals surface area contributed by atoms with Gasteiger partial charge in [0, 0.05) is 58.2 Å². The van der Waals surface area contributed by atoms with Crippen LogP contribution in [0.5, 0.6) is 0 Å². The van der Waals surface area contributed by atoms with Crippen molar-refractivity contribution in [1.82, 2.24) is 30.2 Å². The lowest BCUT2D eigenvalue weighted by atomic mass is 10.2. The van der Waals surface area contributed by atoms with Crippen LogP contribution in [0.3, 0.4) is 0 Å². The van der Waals surface area contributed by atoms with Crippen molar-refractivity contribution in [3.05, 3.63) is 11.7 Å². The van der Waals surface area contributed by atoms with Gasteiger partial charge in [-0.05, 0) is 6.92 Å². The summed E-state index contributed by atoms with van der Waals surface area (Å²) in [6.45, 7) is 14.1. The number of nitrogens with one attached hydrogen (secondary N) is 1. The van der Waals surface area contributed by atoms with Crippen LogP contribution >= 0.6 is 24.0 Å². The maximum absolute atomic E-state index is 12.5. The molecule has 2 saturated heterocycles. The maximum Gasteiger partial charge on any atom is 0.236 e. The predicted octanol–water partition coefficient (Wildman–Crippen LogP) is 0.795. The van der Waals surface area contributed by atoms with E-state index in [4.69, 9.17) is 14.3 Å². The van der Waals surface area contributed by atoms with E-state index < -0.39 is 0 Å². The second-order valence-corrected chi connectivity index (χ2v) is 7.94. The molecular formula is C20H36IN7O3. The Morgan fingerprint density at radius 1 is 1.13 bits per heavy atom. The largest absolute Gasteiger partial charge is 0.378 e. The molecule has 0 radical (unpaired) electrons. The summed E-state index contributed by atoms with van der Waals surface area (Å²) in [6.07, 6.45) is 0.628. The minimum Gasteiger partial charge on any atom is -0.378 e. The van der Waals surface area contributed by atoms with Gasteiger partial charge in [-0.2, -0.15) is 4.98 Å². The fourth-order valence-electron chi connectivity index (χ4n) is 3.51. The molecule has 31 heavy (non-hydrogen) atoms. The third-order valence-electron chi connectivity index (χ3n) is 5.32. The minimum absolute atomic E-state index is 0. The Labute approximate surface area is 201 Å². The molecule has 0 aliphatic carbocycles. The number of guanidine groups is 1. The Kier molecular flexibility index (Phi) is 10.9. The normalized spacial score (nSPS) is 18.3. The van der Waals surface area contributed by atoms with Crippen LogP contribution in [-0.4, -0.2) is 109 Å². The molecule has 0 spiro atoms. The Bertz CT molecular complexity index is 699. The molecule has 176 valence electrons. The van der Waals surface area contributed by atoms with Crippen LogP contribution in [0.1, 0.15) is 38.4 Å². The van der Waals surface area contributed by atoms with E-state index in [1.165, 1.54) is 0 Å². The molecule has 0 unspecified atom stereocenters. The van der Waals surface area contributed by atoms with Gasteiger partial charge >= 0.3 is 0 Å². The van der Waals surface area contributed by atoms with Gasteiger partial charge in [-0.1, -0.05) is 19.0 Å². The first-order valence-electron chi connectivity index (χ1n) is 11.0. The average molecular weight is 549 g/mol. The van der Waals surface area contributed by atoms with E-state index in [1.807, 2.05) is 18.7 Å². The summed E-state index contributed by atoms with van der Waals surface area (Å²) >= 11 is 0. The topological polar surface area (TPSA) is 99.3 Å². The third kappa shape index (κ3) is 7.86. The first kappa shape index (κ1) is 25.8. The summed E-state index contributed by atoms with van der Waals surface area (Å²) in [5, 5.41) is 7.37. The van der Waals surface area contributed by atoms with Crippen molar-refractivity contribution < 1.29 is 14.1 Å². The number of rotatable bonds is 7. The monoisotopic (exact) mass is 549 g/mol. The first-order valence-corrected chi connectivity index (χ1v) is 11.0. The summed E-state index contributed by atoms with van der Waals surface area (Å²) in [6, 6.07) is 0. The first-order chi connectivity index (χ1) is 14.6. The highest BCUT2D eigenvalue weighted by molar-refractivity contribution is 14.0. The van der Waals surface area contributed by atoms with E-state index in [0.29, 0.717) is 51.7 Å². The quantitative estimate of drug-likeness (QED) is 0.303. The van der Waals surface area contributed by atoms with Crippen molar-refractivity contribution in [2.24, 2.45) is 4.99 Å². The minimum atomic E-state index is 0. The molecule has 3 heterocycles. The number of carbonyl (C=O) groups excluding carboxylic acids is 1. The molecule has 1 aromatic rings. The zero-order valence-electron chi connectivity index (χ0n) is 18.9. The Morgan fingerprint density at radius 2 is 1.84 bits per heavy atom. The van der Waals surface area contributed by atoms with Crippen molar-refractivity contribution in [2.75, 3.05) is 72.1 Å². The standard InChI is InChI=1S/C20H35N7O3.HI/c1-4-21-20(22-6-5-17-23-19(16(2)3)24-30-17)27-9-7-25(8-10-27)15-18(28)26-11-13-29-14-12-26;/h16H,4-15H2,1-3H3,(H,21,22);1H. The smallest absolute Gasteiger partial charge is 0.236 e. The number of morpholine rings is 1. The van der Waals surface area contributed by atoms with Gasteiger partial charge in [0.2, 0.25) is 11.8 Å². The molecule has 1 N–H and O–H groups in total. The van der Waals surface area contributed by atoms with E-state index in [0.717, 1.165) is 44.5 Å². The number of halogens is 1. The fraction of sp³-hybridized carbons (Fsp3) is 0.800. The van der Waals surface area contributed by atoms with Gasteiger partial charge in [0.15, 0.2) is 11.8 Å². The molecule has 0 aromatic carbocycles. The lowest BCUT2D eigenvalue weighted by Crippen LogP contribution is -2.55. The molecule has 3 rings (SSSR count). The number of hydrogen-bond donors (Lipinski definition) is 1. The molecule has 0 saturated carbocycles. The van der Waals surface area contributed by atoms with Crippen LogP contribution in [0.2, 0.25) is 0 Å². The second kappa shape index (κ2) is 13.2. The Balaban J connectivity index is 0.00000341. The molecule has 0 atom stereocenters. The third-order valence-corrected chi connectivity index (χ3v) is 5.32. The number of hydrogen-bond acceptors (Lipinski definition) is 7. The van der Waals surface area contributed by atoms with Gasteiger partial charge in [-0.25, -0.2) is 0 Å². The molecule has 2 aliphatic rings. The average Bonchev–Trinajstić information content (AvgIpc) is 3.24. The lowest BCUT2D eigenvalue weighted by molar-refractivity contribution is -0.136. The summed E-state index contributed by atoms with van der Waals surface area (Å²) in [5.41, 5.74) is 0. The number of carbonyl (C=O) groups is 1. The summed E-state index contributed by atoms with van der Waals surface area (Å²) in [4.78, 5) is 28.0. The van der Waals surface area contributed by atoms with Crippen LogP contribution in [0, 0.1) is 0 Å². The highest BCUT2D eigenvalue weighted by Gasteiger charge is 2.24. The maximum atomic E-state index is 12.5. The molecule has 2 aliphatic heterocycles. The molecule has 10 nitrogen and oxygen atoms in total. The van der Waals surface area contributed by atoms with Gasteiger partial charge < -0.3 is 24.4 Å². The zero-order valence-corrected chi connectivity index (χ0v) is 21.2. The molecule has 0 bridgehead atoms. The highest BCUT2D eigenvalue weighted by Crippen LogP contribution is 2.10. The van der Waals surface area contributed by atoms with Crippen molar-refractivity contribution >= 4 is 35.8 Å². The number of nitrogens with zero attached hydrogens (tertiary/aromatic N) is 6. The fourth-order valence-corrected chi connectivity index (χ4v) is 3.51. The molecule has 2 fully saturated rings. The van der Waals surface area contributed by atoms with Gasteiger partial charge in [-0.3, -0.25) is 14.7 Å². The van der Waals surface area contributed by atoms with Crippen molar-refractivity contribution in [1.29, 1.82) is 0 Å². The molecule has 1 amide bonds. The van der Waals surface area contributed by atoms with Crippen molar-refractivity contribution in [3.63, 3.8) is 0 Å². The van der Waals surface area contributed by atoms with Crippen LogP contribution in [0.15, 0.2) is 9.52 Å². The molecule has 1 aromatic heterocycles. The Morgan fingerprint density at radius 3 is 2.45 bits per heavy atom. The van der Waals surface area contributed by atoms with E-state index in [9.17, 15) is 4.79 Å². The molecule has 11 heteroatoms. The van der Waals surface area contributed by atoms with Crippen molar-refractivity contribution in [2.45, 2.75) is 33.1 Å². The van der Waals surface area contributed by atoms with Crippen molar-refractivity contribution in [3.8, 4) is 0 Å². The van der Waals surface area contributed by atoms with Crippen LogP contribution in [0.4, 0.5) is 0 Å². The summed E-state index contributed by atoms with van der Waals surface area (Å²) in [5.74, 6) is 2.73. The van der Waals surface area contributed by atoms with E-state index in [-0.39, 0.29) is 35.8 Å².